The number of nitrogens with zero attached hydrogens (tertiary/aromatic N) is 4. The molecule has 0 radical (unpaired) electrons. The summed E-state index contributed by atoms with van der Waals surface area (Å²) in [6.45, 7) is 7.98. The van der Waals surface area contributed by atoms with Crippen molar-refractivity contribution >= 4 is 17.9 Å². The van der Waals surface area contributed by atoms with Crippen LogP contribution in [0.25, 0.3) is 0 Å². The number of aromatic nitrogens is 2. The van der Waals surface area contributed by atoms with Gasteiger partial charge in [-0.25, -0.2) is 14.8 Å². The van der Waals surface area contributed by atoms with Gasteiger partial charge < -0.3 is 19.9 Å². The van der Waals surface area contributed by atoms with E-state index in [4.69, 9.17) is 4.74 Å². The highest BCUT2D eigenvalue weighted by Crippen LogP contribution is 2.10. The van der Waals surface area contributed by atoms with Crippen LogP contribution in [0, 0.1) is 0 Å². The highest BCUT2D eigenvalue weighted by atomic mass is 16.6. The van der Waals surface area contributed by atoms with E-state index in [9.17, 15) is 9.59 Å². The second-order valence-electron chi connectivity index (χ2n) is 6.63. The van der Waals surface area contributed by atoms with E-state index in [2.05, 4.69) is 20.2 Å². The van der Waals surface area contributed by atoms with Crippen LogP contribution < -0.4 is 10.2 Å². The summed E-state index contributed by atoms with van der Waals surface area (Å²) in [4.78, 5) is 36.2. The van der Waals surface area contributed by atoms with Gasteiger partial charge in [-0.15, -0.1) is 0 Å². The fraction of sp³-hybridized carbons (Fsp3) is 0.625. The van der Waals surface area contributed by atoms with Crippen LogP contribution in [0.2, 0.25) is 0 Å². The molecule has 1 aromatic rings. The van der Waals surface area contributed by atoms with Gasteiger partial charge in [0.2, 0.25) is 11.9 Å². The molecule has 0 bridgehead atoms. The molecule has 8 heteroatoms. The lowest BCUT2D eigenvalue weighted by molar-refractivity contribution is -0.130. The van der Waals surface area contributed by atoms with Crippen LogP contribution in [-0.2, 0) is 9.53 Å². The number of anilines is 1. The Morgan fingerprint density at radius 1 is 1.17 bits per heavy atom. The zero-order valence-corrected chi connectivity index (χ0v) is 14.5. The lowest BCUT2D eigenvalue weighted by atomic mass is 10.2. The molecule has 2 rings (SSSR count). The first kappa shape index (κ1) is 18.0. The SMILES string of the molecule is CC(C)(C)OC(=O)NCC(=O)N1CCCN(c2ncccn2)CC1. The highest BCUT2D eigenvalue weighted by molar-refractivity contribution is 5.82. The van der Waals surface area contributed by atoms with E-state index in [0.717, 1.165) is 13.0 Å². The summed E-state index contributed by atoms with van der Waals surface area (Å²) in [5, 5.41) is 2.51. The maximum atomic E-state index is 12.3. The fourth-order valence-electron chi connectivity index (χ4n) is 2.40. The molecule has 2 amide bonds. The molecule has 0 atom stereocenters. The van der Waals surface area contributed by atoms with E-state index in [1.165, 1.54) is 0 Å². The number of carbonyl (C=O) groups excluding carboxylic acids is 2. The van der Waals surface area contributed by atoms with Gasteiger partial charge >= 0.3 is 6.09 Å². The molecular weight excluding hydrogens is 310 g/mol. The Balaban J connectivity index is 1.81. The van der Waals surface area contributed by atoms with E-state index in [1.807, 2.05) is 0 Å². The number of nitrogens with one attached hydrogen (secondary N) is 1. The zero-order valence-electron chi connectivity index (χ0n) is 14.5. The number of carbonyl (C=O) groups is 2. The smallest absolute Gasteiger partial charge is 0.408 e. The molecule has 1 N–H and O–H groups in total. The standard InChI is InChI=1S/C16H25N5O3/c1-16(2,3)24-15(23)19-12-13(22)20-8-5-9-21(11-10-20)14-17-6-4-7-18-14/h4,6-7H,5,8-12H2,1-3H3,(H,19,23). The van der Waals surface area contributed by atoms with Gasteiger partial charge in [0, 0.05) is 38.6 Å². The topological polar surface area (TPSA) is 87.7 Å². The highest BCUT2D eigenvalue weighted by Gasteiger charge is 2.22. The quantitative estimate of drug-likeness (QED) is 0.888. The summed E-state index contributed by atoms with van der Waals surface area (Å²) >= 11 is 0. The second-order valence-corrected chi connectivity index (χ2v) is 6.63. The van der Waals surface area contributed by atoms with Gasteiger partial charge in [0.05, 0.1) is 0 Å². The first-order valence-corrected chi connectivity index (χ1v) is 8.12. The van der Waals surface area contributed by atoms with Crippen molar-refractivity contribution in [1.29, 1.82) is 0 Å². The average molecular weight is 335 g/mol. The molecule has 8 nitrogen and oxygen atoms in total. The summed E-state index contributed by atoms with van der Waals surface area (Å²) in [5.41, 5.74) is -0.577. The van der Waals surface area contributed by atoms with Gasteiger partial charge in [0.1, 0.15) is 12.1 Å². The van der Waals surface area contributed by atoms with Crippen LogP contribution in [0.5, 0.6) is 0 Å². The van der Waals surface area contributed by atoms with Crippen molar-refractivity contribution in [1.82, 2.24) is 20.2 Å². The van der Waals surface area contributed by atoms with Crippen LogP contribution >= 0.6 is 0 Å². The summed E-state index contributed by atoms with van der Waals surface area (Å²) in [7, 11) is 0. The fourth-order valence-corrected chi connectivity index (χ4v) is 2.40. The molecule has 24 heavy (non-hydrogen) atoms. The molecule has 0 aromatic carbocycles. The van der Waals surface area contributed by atoms with Crippen LogP contribution in [-0.4, -0.2) is 65.2 Å². The van der Waals surface area contributed by atoms with Crippen molar-refractivity contribution in [3.05, 3.63) is 18.5 Å². The monoisotopic (exact) mass is 335 g/mol. The number of hydrogen-bond donors (Lipinski definition) is 1. The van der Waals surface area contributed by atoms with Crippen molar-refractivity contribution < 1.29 is 14.3 Å². The van der Waals surface area contributed by atoms with Crippen LogP contribution in [0.1, 0.15) is 27.2 Å². The first-order chi connectivity index (χ1) is 11.3. The Morgan fingerprint density at radius 3 is 2.54 bits per heavy atom. The van der Waals surface area contributed by atoms with E-state index < -0.39 is 11.7 Å². The second kappa shape index (κ2) is 7.94. The molecule has 132 valence electrons. The Hall–Kier alpha value is -2.38. The predicted octanol–water partition coefficient (Wildman–Crippen LogP) is 1.04. The molecule has 0 saturated carbocycles. The number of rotatable bonds is 3. The van der Waals surface area contributed by atoms with Gasteiger partial charge in [-0.2, -0.15) is 0 Å². The average Bonchev–Trinajstić information content (AvgIpc) is 2.78. The lowest BCUT2D eigenvalue weighted by Crippen LogP contribution is -2.43. The largest absolute Gasteiger partial charge is 0.444 e. The van der Waals surface area contributed by atoms with E-state index in [0.29, 0.717) is 25.6 Å². The summed E-state index contributed by atoms with van der Waals surface area (Å²) in [6.07, 6.45) is 3.67. The predicted molar refractivity (Wildman–Crippen MR) is 89.7 cm³/mol. The molecule has 1 aromatic heterocycles. The molecule has 1 aliphatic heterocycles. The molecule has 2 heterocycles. The van der Waals surface area contributed by atoms with Crippen molar-refractivity contribution in [2.24, 2.45) is 0 Å². The van der Waals surface area contributed by atoms with Crippen molar-refractivity contribution in [3.63, 3.8) is 0 Å². The minimum absolute atomic E-state index is 0.0588. The minimum Gasteiger partial charge on any atom is -0.444 e. The van der Waals surface area contributed by atoms with Crippen LogP contribution in [0.3, 0.4) is 0 Å². The third-order valence-corrected chi connectivity index (χ3v) is 3.47. The van der Waals surface area contributed by atoms with Gasteiger partial charge in [-0.1, -0.05) is 0 Å². The van der Waals surface area contributed by atoms with Crippen LogP contribution in [0.4, 0.5) is 10.7 Å². The summed E-state index contributed by atoms with van der Waals surface area (Å²) in [5.74, 6) is 0.565. The number of ether oxygens (including phenoxy) is 1. The van der Waals surface area contributed by atoms with Gasteiger partial charge in [-0.3, -0.25) is 4.79 Å². The van der Waals surface area contributed by atoms with Gasteiger partial charge in [0.25, 0.3) is 0 Å². The van der Waals surface area contributed by atoms with Gasteiger partial charge in [-0.05, 0) is 33.3 Å². The Labute approximate surface area is 142 Å². The number of amides is 2. The van der Waals surface area contributed by atoms with E-state index in [-0.39, 0.29) is 12.5 Å². The van der Waals surface area contributed by atoms with Crippen molar-refractivity contribution in [3.8, 4) is 0 Å². The first-order valence-electron chi connectivity index (χ1n) is 8.12. The Morgan fingerprint density at radius 2 is 1.88 bits per heavy atom. The molecule has 1 aliphatic rings. The molecule has 1 fully saturated rings. The lowest BCUT2D eigenvalue weighted by Gasteiger charge is -2.23. The number of alkyl carbamates (subject to hydrolysis) is 1. The van der Waals surface area contributed by atoms with Crippen molar-refractivity contribution in [2.45, 2.75) is 32.8 Å². The van der Waals surface area contributed by atoms with E-state index in [1.54, 1.807) is 44.1 Å². The normalized spacial score (nSPS) is 15.6. The molecule has 0 unspecified atom stereocenters. The Kier molecular flexibility index (Phi) is 5.94. The van der Waals surface area contributed by atoms with E-state index >= 15 is 0 Å². The molecule has 1 saturated heterocycles. The third-order valence-electron chi connectivity index (χ3n) is 3.47. The molecule has 0 aliphatic carbocycles. The number of hydrogen-bond acceptors (Lipinski definition) is 6. The molecular formula is C16H25N5O3. The summed E-state index contributed by atoms with van der Waals surface area (Å²) < 4.78 is 5.13. The molecule has 0 spiro atoms. The van der Waals surface area contributed by atoms with Gasteiger partial charge in [0.15, 0.2) is 0 Å². The maximum absolute atomic E-state index is 12.3. The Bertz CT molecular complexity index is 559. The maximum Gasteiger partial charge on any atom is 0.408 e. The third kappa shape index (κ3) is 5.68. The summed E-state index contributed by atoms with van der Waals surface area (Å²) in [6, 6.07) is 1.78. The zero-order chi connectivity index (χ0) is 17.6. The van der Waals surface area contributed by atoms with Crippen LogP contribution in [0.15, 0.2) is 18.5 Å². The van der Waals surface area contributed by atoms with Crippen molar-refractivity contribution in [2.75, 3.05) is 37.6 Å². The minimum atomic E-state index is -0.579.